The Kier molecular flexibility index (Phi) is 19.5. The van der Waals surface area contributed by atoms with Gasteiger partial charge in [0.25, 0.3) is 0 Å². The van der Waals surface area contributed by atoms with Crippen molar-refractivity contribution in [2.45, 2.75) is 57.8 Å². The van der Waals surface area contributed by atoms with Crippen LogP contribution in [0.3, 0.4) is 0 Å². The van der Waals surface area contributed by atoms with Crippen LogP contribution >= 0.6 is 34.0 Å². The molecule has 0 saturated carbocycles. The van der Waals surface area contributed by atoms with E-state index in [1.807, 2.05) is 34.0 Å². The van der Waals surface area contributed by atoms with E-state index in [4.69, 9.17) is 0 Å². The summed E-state index contributed by atoms with van der Waals surface area (Å²) in [5.74, 6) is 0. The lowest BCUT2D eigenvalue weighted by Crippen LogP contribution is -2.15. The second kappa shape index (κ2) is 33.3. The van der Waals surface area contributed by atoms with Crippen molar-refractivity contribution >= 4 is 181 Å². The molecule has 0 bridgehead atoms. The summed E-state index contributed by atoms with van der Waals surface area (Å²) in [6.07, 6.45) is 0. The average molecular weight is 1950 g/mol. The van der Waals surface area contributed by atoms with Crippen LogP contribution in [0.15, 0.2) is 479 Å². The van der Waals surface area contributed by atoms with Gasteiger partial charge in [0.1, 0.15) is 0 Å². The highest BCUT2D eigenvalue weighted by atomic mass is 32.1. The van der Waals surface area contributed by atoms with Crippen molar-refractivity contribution < 1.29 is 0 Å². The first-order chi connectivity index (χ1) is 73.1. The third-order valence-corrected chi connectivity index (χ3v) is 36.5. The maximum absolute atomic E-state index is 2.51. The molecule has 702 valence electrons. The van der Waals surface area contributed by atoms with Gasteiger partial charge in [-0.15, -0.1) is 34.0 Å². The monoisotopic (exact) mass is 1950 g/mol. The predicted octanol–water partition coefficient (Wildman–Crippen LogP) is 40.7. The predicted molar refractivity (Wildman–Crippen MR) is 641 cm³/mol. The van der Waals surface area contributed by atoms with E-state index in [-0.39, 0.29) is 16.2 Å². The fourth-order valence-electron chi connectivity index (χ4n) is 26.0. The summed E-state index contributed by atoms with van der Waals surface area (Å²) >= 11 is 5.72. The normalized spacial score (nSPS) is 13.5. The summed E-state index contributed by atoms with van der Waals surface area (Å²) < 4.78 is 15.6. The maximum atomic E-state index is 2.51. The summed E-state index contributed by atoms with van der Waals surface area (Å²) in [7, 11) is 0. The minimum atomic E-state index is -0.163. The molecule has 0 amide bonds. The molecular weight excluding hydrogens is 1860 g/mol. The number of para-hydroxylation sites is 1. The van der Waals surface area contributed by atoms with Gasteiger partial charge in [0, 0.05) is 126 Å². The molecule has 0 N–H and O–H groups in total. The van der Waals surface area contributed by atoms with E-state index in [1.165, 1.54) is 298 Å². The minimum absolute atomic E-state index is 0.119. The highest BCUT2D eigenvalue weighted by Gasteiger charge is 2.42. The van der Waals surface area contributed by atoms with E-state index in [0.717, 1.165) is 0 Å². The lowest BCUT2D eigenvalue weighted by molar-refractivity contribution is 0.666. The van der Waals surface area contributed by atoms with Crippen molar-refractivity contribution in [1.82, 2.24) is 13.7 Å². The molecule has 0 aliphatic heterocycles. The average Bonchev–Trinajstić information content (AvgIpc) is 1.54. The SMILES string of the molecule is CC1(C)c2cc(-n3c4cc(-c5ccccc5)ccc4c4ccc(-c5ccc(-c6ccccc6)cc5)cc43)ccc2-c2ccc3sc4ccccc4c3c21.CC1(C)c2cc(-n3c4ccc(-c5ccccc5)cc4c4cc(-c5ccc6ccccc6c5)ccc43)ccc2-c2ccc3sc4ccccc4c3c21.CC1(C)c2cc(-n3c4ccccc4c4cc(-c5ccc6ccccc6c5)ccc43)ccc2-c2ccc3sc4ccccc4c3c21. The van der Waals surface area contributed by atoms with Crippen LogP contribution in [0, 0.1) is 0 Å². The molecule has 23 aromatic carbocycles. The highest BCUT2D eigenvalue weighted by Crippen LogP contribution is 2.60. The first kappa shape index (κ1) is 87.1. The van der Waals surface area contributed by atoms with Gasteiger partial charge in [0.05, 0.1) is 33.1 Å². The van der Waals surface area contributed by atoms with Crippen LogP contribution in [-0.4, -0.2) is 13.7 Å². The molecule has 6 heterocycles. The Labute approximate surface area is 875 Å². The van der Waals surface area contributed by atoms with Crippen molar-refractivity contribution in [1.29, 1.82) is 0 Å². The van der Waals surface area contributed by atoms with Gasteiger partial charge < -0.3 is 13.7 Å². The van der Waals surface area contributed by atoms with E-state index in [2.05, 4.69) is 534 Å². The number of hydrogen-bond acceptors (Lipinski definition) is 3. The molecular formula is C143H97N3S3. The zero-order chi connectivity index (χ0) is 99.0. The van der Waals surface area contributed by atoms with Crippen LogP contribution < -0.4 is 0 Å². The lowest BCUT2D eigenvalue weighted by Gasteiger charge is -2.23. The molecule has 0 atom stereocenters. The number of fused-ring (bicyclic) bond motifs is 32. The van der Waals surface area contributed by atoms with Gasteiger partial charge in [0.2, 0.25) is 0 Å². The Hall–Kier alpha value is -17.4. The molecule has 3 aliphatic carbocycles. The first-order valence-corrected chi connectivity index (χ1v) is 54.3. The van der Waals surface area contributed by atoms with E-state index in [9.17, 15) is 0 Å². The molecule has 29 aromatic rings. The number of aromatic nitrogens is 3. The second-order valence-corrected chi connectivity index (χ2v) is 45.7. The van der Waals surface area contributed by atoms with E-state index < -0.39 is 0 Å². The van der Waals surface area contributed by atoms with E-state index in [1.54, 1.807) is 0 Å². The zero-order valence-corrected chi connectivity index (χ0v) is 85.6. The Morgan fingerprint density at radius 3 is 0.799 bits per heavy atom. The third-order valence-electron chi connectivity index (χ3n) is 33.1. The van der Waals surface area contributed by atoms with Crippen LogP contribution in [0.1, 0.15) is 74.9 Å². The molecule has 6 heteroatoms. The molecule has 32 rings (SSSR count). The fourth-order valence-corrected chi connectivity index (χ4v) is 29.3. The molecule has 0 saturated heterocycles. The number of hydrogen-bond donors (Lipinski definition) is 0. The third kappa shape index (κ3) is 13.5. The van der Waals surface area contributed by atoms with Crippen LogP contribution in [0.2, 0.25) is 0 Å². The van der Waals surface area contributed by atoms with Gasteiger partial charge in [-0.1, -0.05) is 381 Å². The molecule has 3 aliphatic rings. The van der Waals surface area contributed by atoms with Crippen LogP contribution in [-0.2, 0) is 16.2 Å². The Bertz CT molecular complexity index is 10700. The summed E-state index contributed by atoms with van der Waals surface area (Å²) in [6.45, 7) is 14.5. The Morgan fingerprint density at radius 2 is 0.409 bits per heavy atom. The molecule has 6 aromatic heterocycles. The number of benzene rings is 23. The minimum Gasteiger partial charge on any atom is -0.309 e. The molecule has 0 fully saturated rings. The Balaban J connectivity index is 0.000000103. The fraction of sp³-hybridized carbons (Fsp3) is 0.0629. The van der Waals surface area contributed by atoms with Crippen molar-refractivity contribution in [3.05, 3.63) is 513 Å². The Morgan fingerprint density at radius 1 is 0.154 bits per heavy atom. The van der Waals surface area contributed by atoms with Crippen LogP contribution in [0.4, 0.5) is 0 Å². The van der Waals surface area contributed by atoms with Gasteiger partial charge in [-0.2, -0.15) is 0 Å². The van der Waals surface area contributed by atoms with Crippen molar-refractivity contribution in [3.63, 3.8) is 0 Å². The summed E-state index contributed by atoms with van der Waals surface area (Å²) in [5, 5.41) is 21.1. The van der Waals surface area contributed by atoms with Crippen molar-refractivity contribution in [2.24, 2.45) is 0 Å². The van der Waals surface area contributed by atoms with E-state index >= 15 is 0 Å². The zero-order valence-electron chi connectivity index (χ0n) is 83.2. The van der Waals surface area contributed by atoms with Gasteiger partial charge in [0.15, 0.2) is 0 Å². The lowest BCUT2D eigenvalue weighted by atomic mass is 9.80. The number of rotatable bonds is 9. The van der Waals surface area contributed by atoms with Gasteiger partial charge in [-0.25, -0.2) is 0 Å². The van der Waals surface area contributed by atoms with Crippen LogP contribution in [0.25, 0.3) is 265 Å². The van der Waals surface area contributed by atoms with Crippen molar-refractivity contribution in [2.75, 3.05) is 0 Å². The molecule has 0 radical (unpaired) electrons. The second-order valence-electron chi connectivity index (χ2n) is 42.4. The standard InChI is InChI=1S/C51H35NS.C49H33NS.C43H29NS/c1-51(2)44-31-38(23-26-39(44)42-27-28-48-49(50(42)51)43-15-9-10-16-47(43)53-48)52-45-29-36(33-13-7-4-8-14-33)21-24-40(45)41-25-22-37(30-46(41)52)35-19-17-34(18-20-35)32-11-5-3-6-12-32;1-49(2)42-29-36(20-21-37(42)38-22-25-46-47(48(38)49)39-14-8-9-15-45(39)51-46)50-43-23-18-34(30-10-4-3-5-11-30)27-40(43)41-28-35(19-24-44(41)50)33-17-16-31-12-6-7-13-32(31)26-33;1-43(2)36-25-30(18-19-31(36)33-20-22-40-41(42(33)43)34-12-6-8-14-39(34)45-40)44-37-13-7-5-11-32(37)35-24-29(17-21-38(35)44)28-16-15-26-9-3-4-10-27(26)23-28/h3-31H,1-2H3;3-29H,1-2H3;3-25H,1-2H3. The summed E-state index contributed by atoms with van der Waals surface area (Å²) in [4.78, 5) is 0. The maximum Gasteiger partial charge on any atom is 0.0547 e. The summed E-state index contributed by atoms with van der Waals surface area (Å²) in [6, 6.07) is 178. The topological polar surface area (TPSA) is 14.8 Å². The van der Waals surface area contributed by atoms with E-state index in [0.29, 0.717) is 0 Å². The van der Waals surface area contributed by atoms with Gasteiger partial charge >= 0.3 is 0 Å². The highest BCUT2D eigenvalue weighted by molar-refractivity contribution is 7.26. The first-order valence-electron chi connectivity index (χ1n) is 51.9. The van der Waals surface area contributed by atoms with Crippen LogP contribution in [0.5, 0.6) is 0 Å². The molecule has 0 spiro atoms. The van der Waals surface area contributed by atoms with Gasteiger partial charge in [-0.3, -0.25) is 0 Å². The summed E-state index contributed by atoms with van der Waals surface area (Å²) in [5.41, 5.74) is 42.0. The number of thiophene rings is 3. The quantitative estimate of drug-likeness (QED) is 0.137. The molecule has 3 nitrogen and oxygen atoms in total. The van der Waals surface area contributed by atoms with Crippen molar-refractivity contribution in [3.8, 4) is 117 Å². The number of nitrogens with zero attached hydrogens (tertiary/aromatic N) is 3. The molecule has 0 unspecified atom stereocenters. The largest absolute Gasteiger partial charge is 0.309 e. The molecule has 149 heavy (non-hydrogen) atoms. The van der Waals surface area contributed by atoms with Gasteiger partial charge in [-0.05, 0) is 295 Å². The smallest absolute Gasteiger partial charge is 0.0547 e.